The van der Waals surface area contributed by atoms with E-state index in [1.807, 2.05) is 0 Å². The molecule has 62 valence electrons. The molecule has 2 fully saturated rings. The molecule has 2 saturated heterocycles. The van der Waals surface area contributed by atoms with Crippen LogP contribution in [0.4, 0.5) is 4.79 Å². The van der Waals surface area contributed by atoms with Crippen LogP contribution in [0, 0.1) is 0 Å². The second kappa shape index (κ2) is 2.37. The van der Waals surface area contributed by atoms with E-state index in [1.54, 1.807) is 4.90 Å². The highest BCUT2D eigenvalue weighted by Gasteiger charge is 2.37. The molecule has 4 nitrogen and oxygen atoms in total. The Morgan fingerprint density at radius 1 is 1.64 bits per heavy atom. The first-order chi connectivity index (χ1) is 5.27. The number of aliphatic hydroxyl groups is 1. The quantitative estimate of drug-likeness (QED) is 0.537. The third-order valence-electron chi connectivity index (χ3n) is 2.32. The molecule has 0 unspecified atom stereocenters. The molecule has 2 rings (SSSR count). The predicted octanol–water partition coefficient (Wildman–Crippen LogP) is -0.0381. The van der Waals surface area contributed by atoms with Gasteiger partial charge in [-0.05, 0) is 12.8 Å². The lowest BCUT2D eigenvalue weighted by Gasteiger charge is -2.29. The maximum atomic E-state index is 10.9. The number of fused-ring (bicyclic) bond motifs is 1. The van der Waals surface area contributed by atoms with Gasteiger partial charge in [-0.3, -0.25) is 0 Å². The number of rotatable bonds is 0. The molecule has 1 amide bonds. The lowest BCUT2D eigenvalue weighted by atomic mass is 10.0. The van der Waals surface area contributed by atoms with Gasteiger partial charge in [-0.2, -0.15) is 0 Å². The number of nitrogens with zero attached hydrogens (tertiary/aromatic N) is 1. The second-order valence-electron chi connectivity index (χ2n) is 3.10. The predicted molar refractivity (Wildman–Crippen MR) is 37.1 cm³/mol. The van der Waals surface area contributed by atoms with Crippen LogP contribution in [0.25, 0.3) is 0 Å². The van der Waals surface area contributed by atoms with E-state index in [4.69, 9.17) is 4.74 Å². The molecule has 0 aromatic rings. The average molecular weight is 157 g/mol. The average Bonchev–Trinajstić information content (AvgIpc) is 2.32. The summed E-state index contributed by atoms with van der Waals surface area (Å²) in [4.78, 5) is 12.6. The molecule has 2 atom stereocenters. The number of piperidine rings is 1. The fourth-order valence-electron chi connectivity index (χ4n) is 1.68. The molecule has 2 aliphatic rings. The normalized spacial score (nSPS) is 36.8. The molecular weight excluding hydrogens is 146 g/mol. The third kappa shape index (κ3) is 1.07. The van der Waals surface area contributed by atoms with Crippen molar-refractivity contribution in [1.82, 2.24) is 4.90 Å². The number of ether oxygens (including phenoxy) is 1. The summed E-state index contributed by atoms with van der Waals surface area (Å²) in [5, 5.41) is 9.25. The summed E-state index contributed by atoms with van der Waals surface area (Å²) < 4.78 is 4.82. The van der Waals surface area contributed by atoms with E-state index in [1.165, 1.54) is 0 Å². The van der Waals surface area contributed by atoms with Crippen LogP contribution < -0.4 is 0 Å². The fraction of sp³-hybridized carbons (Fsp3) is 0.857. The first-order valence-electron chi connectivity index (χ1n) is 3.89. The number of hydrogen-bond acceptors (Lipinski definition) is 3. The van der Waals surface area contributed by atoms with E-state index < -0.39 is 0 Å². The van der Waals surface area contributed by atoms with Crippen molar-refractivity contribution < 1.29 is 14.6 Å². The molecule has 4 heteroatoms. The summed E-state index contributed by atoms with van der Waals surface area (Å²) in [5.74, 6) is 0. The van der Waals surface area contributed by atoms with Crippen molar-refractivity contribution in [3.8, 4) is 0 Å². The van der Waals surface area contributed by atoms with Gasteiger partial charge in [0.05, 0.1) is 12.1 Å². The lowest BCUT2D eigenvalue weighted by Crippen LogP contribution is -2.42. The highest BCUT2D eigenvalue weighted by atomic mass is 16.6. The van der Waals surface area contributed by atoms with Crippen molar-refractivity contribution in [3.63, 3.8) is 0 Å². The second-order valence-corrected chi connectivity index (χ2v) is 3.10. The minimum atomic E-state index is -0.245. The molecule has 0 radical (unpaired) electrons. The zero-order valence-electron chi connectivity index (χ0n) is 6.19. The van der Waals surface area contributed by atoms with Gasteiger partial charge in [-0.25, -0.2) is 4.79 Å². The molecule has 0 aromatic heterocycles. The van der Waals surface area contributed by atoms with E-state index in [9.17, 15) is 9.90 Å². The Morgan fingerprint density at radius 3 is 3.27 bits per heavy atom. The summed E-state index contributed by atoms with van der Waals surface area (Å²) in [5.41, 5.74) is 0. The number of hydrogen-bond donors (Lipinski definition) is 1. The number of amides is 1. The van der Waals surface area contributed by atoms with E-state index >= 15 is 0 Å². The van der Waals surface area contributed by atoms with Crippen molar-refractivity contribution in [3.05, 3.63) is 0 Å². The van der Waals surface area contributed by atoms with Crippen molar-refractivity contribution in [2.75, 3.05) is 13.2 Å². The summed E-state index contributed by atoms with van der Waals surface area (Å²) in [7, 11) is 0. The smallest absolute Gasteiger partial charge is 0.410 e. The van der Waals surface area contributed by atoms with Crippen molar-refractivity contribution in [2.24, 2.45) is 0 Å². The SMILES string of the molecule is O=C1OC[C@@H]2C[C@H](O)CCN12. The minimum Gasteiger partial charge on any atom is -0.447 e. The van der Waals surface area contributed by atoms with E-state index in [0.29, 0.717) is 26.0 Å². The van der Waals surface area contributed by atoms with Crippen LogP contribution in [0.1, 0.15) is 12.8 Å². The molecule has 0 bridgehead atoms. The molecule has 0 aromatic carbocycles. The van der Waals surface area contributed by atoms with Crippen LogP contribution >= 0.6 is 0 Å². The van der Waals surface area contributed by atoms with Gasteiger partial charge < -0.3 is 14.7 Å². The molecule has 0 aliphatic carbocycles. The monoisotopic (exact) mass is 157 g/mol. The highest BCUT2D eigenvalue weighted by Crippen LogP contribution is 2.23. The third-order valence-corrected chi connectivity index (χ3v) is 2.32. The van der Waals surface area contributed by atoms with Crippen molar-refractivity contribution >= 4 is 6.09 Å². The van der Waals surface area contributed by atoms with Crippen LogP contribution in [0.3, 0.4) is 0 Å². The maximum absolute atomic E-state index is 10.9. The van der Waals surface area contributed by atoms with Crippen molar-refractivity contribution in [1.29, 1.82) is 0 Å². The number of cyclic esters (lactones) is 1. The molecule has 11 heavy (non-hydrogen) atoms. The molecule has 2 heterocycles. The Balaban J connectivity index is 2.06. The van der Waals surface area contributed by atoms with E-state index in [0.717, 1.165) is 0 Å². The Labute approximate surface area is 64.7 Å². The summed E-state index contributed by atoms with van der Waals surface area (Å²) in [6, 6.07) is 0.131. The van der Waals surface area contributed by atoms with E-state index in [2.05, 4.69) is 0 Å². The Hall–Kier alpha value is -0.770. The number of carbonyl (C=O) groups excluding carboxylic acids is 1. The number of carbonyl (C=O) groups is 1. The standard InChI is InChI=1S/C7H11NO3/c9-6-1-2-8-5(3-6)4-11-7(8)10/h5-6,9H,1-4H2/t5-,6+/m0/s1. The van der Waals surface area contributed by atoms with Gasteiger partial charge in [0, 0.05) is 6.54 Å². The number of aliphatic hydroxyl groups excluding tert-OH is 1. The van der Waals surface area contributed by atoms with Gasteiger partial charge >= 0.3 is 6.09 Å². The Bertz CT molecular complexity index is 183. The van der Waals surface area contributed by atoms with Crippen molar-refractivity contribution in [2.45, 2.75) is 25.0 Å². The van der Waals surface area contributed by atoms with Crippen LogP contribution in [-0.2, 0) is 4.74 Å². The minimum absolute atomic E-state index is 0.131. The first-order valence-corrected chi connectivity index (χ1v) is 3.89. The molecule has 2 aliphatic heterocycles. The summed E-state index contributed by atoms with van der Waals surface area (Å²) in [6.45, 7) is 1.10. The lowest BCUT2D eigenvalue weighted by molar-refractivity contribution is 0.0765. The molecule has 1 N–H and O–H groups in total. The zero-order valence-corrected chi connectivity index (χ0v) is 6.19. The molecule has 0 spiro atoms. The Kier molecular flexibility index (Phi) is 1.49. The van der Waals surface area contributed by atoms with Gasteiger partial charge in [0.25, 0.3) is 0 Å². The fourth-order valence-corrected chi connectivity index (χ4v) is 1.68. The summed E-state index contributed by atoms with van der Waals surface area (Å²) in [6.07, 6.45) is 0.893. The zero-order chi connectivity index (χ0) is 7.84. The van der Waals surface area contributed by atoms with Gasteiger partial charge in [0.15, 0.2) is 0 Å². The summed E-state index contributed by atoms with van der Waals surface area (Å²) >= 11 is 0. The highest BCUT2D eigenvalue weighted by molar-refractivity contribution is 5.70. The van der Waals surface area contributed by atoms with E-state index in [-0.39, 0.29) is 18.2 Å². The topological polar surface area (TPSA) is 49.8 Å². The van der Waals surface area contributed by atoms with Crippen LogP contribution in [0.2, 0.25) is 0 Å². The van der Waals surface area contributed by atoms with Gasteiger partial charge in [0.1, 0.15) is 6.61 Å². The largest absolute Gasteiger partial charge is 0.447 e. The van der Waals surface area contributed by atoms with Crippen LogP contribution in [0.15, 0.2) is 0 Å². The first kappa shape index (κ1) is 6.91. The van der Waals surface area contributed by atoms with Crippen LogP contribution in [0.5, 0.6) is 0 Å². The molecule has 0 saturated carbocycles. The molecular formula is C7H11NO3. The maximum Gasteiger partial charge on any atom is 0.410 e. The Morgan fingerprint density at radius 2 is 2.45 bits per heavy atom. The van der Waals surface area contributed by atoms with Crippen LogP contribution in [-0.4, -0.2) is 41.4 Å². The van der Waals surface area contributed by atoms with Gasteiger partial charge in [-0.15, -0.1) is 0 Å². The van der Waals surface area contributed by atoms with Gasteiger partial charge in [0.2, 0.25) is 0 Å². The van der Waals surface area contributed by atoms with Gasteiger partial charge in [-0.1, -0.05) is 0 Å².